The summed E-state index contributed by atoms with van der Waals surface area (Å²) in [6, 6.07) is 0. The quantitative estimate of drug-likeness (QED) is 0.192. The van der Waals surface area contributed by atoms with Crippen LogP contribution in [0, 0.1) is 11.8 Å². The maximum absolute atomic E-state index is 12.0. The molecule has 0 heterocycles. The summed E-state index contributed by atoms with van der Waals surface area (Å²) in [4.78, 5) is 23.9. The van der Waals surface area contributed by atoms with Crippen molar-refractivity contribution in [1.82, 2.24) is 0 Å². The molecule has 0 unspecified atom stereocenters. The van der Waals surface area contributed by atoms with Crippen LogP contribution in [0.4, 0.5) is 0 Å². The van der Waals surface area contributed by atoms with Gasteiger partial charge in [-0.05, 0) is 66.7 Å². The molecule has 1 aliphatic rings. The van der Waals surface area contributed by atoms with E-state index in [1.54, 1.807) is 33.8 Å². The van der Waals surface area contributed by atoms with Crippen molar-refractivity contribution in [3.63, 3.8) is 0 Å². The van der Waals surface area contributed by atoms with Gasteiger partial charge in [0.15, 0.2) is 0 Å². The van der Waals surface area contributed by atoms with Crippen LogP contribution >= 0.6 is 0 Å². The van der Waals surface area contributed by atoms with E-state index < -0.39 is 33.9 Å². The first kappa shape index (κ1) is 31.5. The Hall–Kier alpha value is -1.49. The summed E-state index contributed by atoms with van der Waals surface area (Å²) in [5, 5.41) is 0. The predicted molar refractivity (Wildman–Crippen MR) is 132 cm³/mol. The van der Waals surface area contributed by atoms with Gasteiger partial charge in [-0.2, -0.15) is 8.42 Å². The van der Waals surface area contributed by atoms with Gasteiger partial charge in [0.25, 0.3) is 10.1 Å². The molecule has 1 saturated carbocycles. The van der Waals surface area contributed by atoms with Crippen LogP contribution in [0.5, 0.6) is 0 Å². The summed E-state index contributed by atoms with van der Waals surface area (Å²) in [5.41, 5.74) is -0.626. The van der Waals surface area contributed by atoms with Crippen molar-refractivity contribution in [1.29, 1.82) is 0 Å². The molecule has 1 aliphatic carbocycles. The van der Waals surface area contributed by atoms with E-state index in [1.807, 2.05) is 13.8 Å². The molecule has 0 aromatic carbocycles. The first-order valence-corrected chi connectivity index (χ1v) is 14.2. The van der Waals surface area contributed by atoms with Crippen LogP contribution in [-0.4, -0.2) is 70.3 Å². The van der Waals surface area contributed by atoms with E-state index in [4.69, 9.17) is 23.1 Å². The summed E-state index contributed by atoms with van der Waals surface area (Å²) in [5.74, 6) is -0.915. The second kappa shape index (κ2) is 14.9. The second-order valence-corrected chi connectivity index (χ2v) is 11.6. The van der Waals surface area contributed by atoms with Gasteiger partial charge >= 0.3 is 11.9 Å². The Bertz CT molecular complexity index is 777. The average Bonchev–Trinajstić information content (AvgIpc) is 2.73. The Labute approximate surface area is 211 Å². The fourth-order valence-corrected chi connectivity index (χ4v) is 4.66. The number of hydrogen-bond donors (Lipinski definition) is 0. The van der Waals surface area contributed by atoms with Gasteiger partial charge in [0.2, 0.25) is 0 Å². The van der Waals surface area contributed by atoms with E-state index in [9.17, 15) is 18.0 Å². The molecule has 9 nitrogen and oxygen atoms in total. The molecule has 0 amide bonds. The summed E-state index contributed by atoms with van der Waals surface area (Å²) in [6.07, 6.45) is 5.53. The van der Waals surface area contributed by atoms with E-state index in [0.29, 0.717) is 19.8 Å². The van der Waals surface area contributed by atoms with Crippen LogP contribution in [0.2, 0.25) is 0 Å². The smallest absolute Gasteiger partial charge is 0.330 e. The SMILES string of the molecule is CCOC(=O)C1CCC(OC[C@@H](C)[C@@H](OCC)[C@H](C/C=C\C(=O)OC(C)(C)C)OS(C)(=O)=O)CC1. The molecule has 0 aromatic heterocycles. The normalized spacial score (nSPS) is 21.9. The number of esters is 2. The number of rotatable bonds is 14. The predicted octanol–water partition coefficient (Wildman–Crippen LogP) is 3.80. The van der Waals surface area contributed by atoms with Gasteiger partial charge in [0, 0.05) is 18.6 Å². The highest BCUT2D eigenvalue weighted by molar-refractivity contribution is 7.86. The zero-order valence-corrected chi connectivity index (χ0v) is 23.1. The largest absolute Gasteiger partial charge is 0.466 e. The van der Waals surface area contributed by atoms with E-state index in [2.05, 4.69) is 0 Å². The maximum atomic E-state index is 12.0. The van der Waals surface area contributed by atoms with E-state index in [1.165, 1.54) is 6.08 Å². The molecule has 10 heteroatoms. The van der Waals surface area contributed by atoms with Crippen molar-refractivity contribution in [3.05, 3.63) is 12.2 Å². The van der Waals surface area contributed by atoms with Gasteiger partial charge in [-0.1, -0.05) is 13.0 Å². The summed E-state index contributed by atoms with van der Waals surface area (Å²) < 4.78 is 51.6. The van der Waals surface area contributed by atoms with Gasteiger partial charge in [-0.25, -0.2) is 4.79 Å². The highest BCUT2D eigenvalue weighted by atomic mass is 32.2. The number of hydrogen-bond acceptors (Lipinski definition) is 9. The summed E-state index contributed by atoms with van der Waals surface area (Å²) in [6.45, 7) is 11.9. The first-order valence-electron chi connectivity index (χ1n) is 12.4. The minimum Gasteiger partial charge on any atom is -0.466 e. The number of carbonyl (C=O) groups excluding carboxylic acids is 2. The van der Waals surface area contributed by atoms with Gasteiger partial charge in [0.05, 0.1) is 37.6 Å². The first-order chi connectivity index (χ1) is 16.3. The van der Waals surface area contributed by atoms with Gasteiger partial charge in [-0.15, -0.1) is 0 Å². The molecule has 1 rings (SSSR count). The minimum absolute atomic E-state index is 0.0201. The van der Waals surface area contributed by atoms with Gasteiger partial charge < -0.3 is 18.9 Å². The lowest BCUT2D eigenvalue weighted by Gasteiger charge is -2.32. The fraction of sp³-hybridized carbons (Fsp3) is 0.840. The van der Waals surface area contributed by atoms with Crippen LogP contribution < -0.4 is 0 Å². The fourth-order valence-electron chi connectivity index (χ4n) is 4.03. The van der Waals surface area contributed by atoms with E-state index in [0.717, 1.165) is 31.9 Å². The van der Waals surface area contributed by atoms with Gasteiger partial charge in [-0.3, -0.25) is 8.98 Å². The molecule has 0 radical (unpaired) electrons. The molecule has 3 atom stereocenters. The Morgan fingerprint density at radius 2 is 1.69 bits per heavy atom. The van der Waals surface area contributed by atoms with E-state index >= 15 is 0 Å². The molecule has 0 N–H and O–H groups in total. The number of ether oxygens (including phenoxy) is 4. The van der Waals surface area contributed by atoms with Crippen LogP contribution in [0.1, 0.15) is 73.6 Å². The Morgan fingerprint density at radius 3 is 2.20 bits per heavy atom. The lowest BCUT2D eigenvalue weighted by Crippen LogP contribution is -2.40. The molecule has 0 spiro atoms. The zero-order valence-electron chi connectivity index (χ0n) is 22.3. The minimum atomic E-state index is -3.77. The van der Waals surface area contributed by atoms with Crippen molar-refractivity contribution in [2.75, 3.05) is 26.1 Å². The second-order valence-electron chi connectivity index (χ2n) is 9.97. The van der Waals surface area contributed by atoms with Crippen LogP contribution in [0.3, 0.4) is 0 Å². The molecule has 0 aromatic rings. The van der Waals surface area contributed by atoms with Crippen molar-refractivity contribution in [2.45, 2.75) is 97.6 Å². The summed E-state index contributed by atoms with van der Waals surface area (Å²) in [7, 11) is -3.77. The standard InChI is InChI=1S/C25H44O9S/c1-8-30-23(18(3)17-32-20-15-13-19(14-16-20)24(27)31-9-2)21(34-35(7,28)29)11-10-12-22(26)33-25(4,5)6/h10,12,18-21,23H,8-9,11,13-17H2,1-7H3/b12-10-/t18-,19?,20?,21+,23-/m1/s1. The third kappa shape index (κ3) is 13.4. The highest BCUT2D eigenvalue weighted by Gasteiger charge is 2.33. The van der Waals surface area contributed by atoms with Crippen LogP contribution in [0.25, 0.3) is 0 Å². The molecule has 1 fully saturated rings. The van der Waals surface area contributed by atoms with Crippen molar-refractivity contribution < 1.29 is 41.1 Å². The maximum Gasteiger partial charge on any atom is 0.330 e. The van der Waals surface area contributed by atoms with Crippen molar-refractivity contribution in [3.8, 4) is 0 Å². The molecular formula is C25H44O9S. The molecular weight excluding hydrogens is 476 g/mol. The monoisotopic (exact) mass is 520 g/mol. The zero-order chi connectivity index (χ0) is 26.6. The third-order valence-corrected chi connectivity index (χ3v) is 6.10. The molecule has 35 heavy (non-hydrogen) atoms. The molecule has 0 aliphatic heterocycles. The van der Waals surface area contributed by atoms with Crippen molar-refractivity contribution >= 4 is 22.1 Å². The Morgan fingerprint density at radius 1 is 1.06 bits per heavy atom. The highest BCUT2D eigenvalue weighted by Crippen LogP contribution is 2.28. The van der Waals surface area contributed by atoms with Gasteiger partial charge in [0.1, 0.15) is 11.7 Å². The topological polar surface area (TPSA) is 114 Å². The lowest BCUT2D eigenvalue weighted by atomic mass is 9.87. The Balaban J connectivity index is 2.76. The molecule has 0 saturated heterocycles. The Kier molecular flexibility index (Phi) is 13.4. The van der Waals surface area contributed by atoms with Crippen LogP contribution in [0.15, 0.2) is 12.2 Å². The number of carbonyl (C=O) groups is 2. The van der Waals surface area contributed by atoms with Crippen molar-refractivity contribution in [2.24, 2.45) is 11.8 Å². The third-order valence-electron chi connectivity index (χ3n) is 5.50. The summed E-state index contributed by atoms with van der Waals surface area (Å²) >= 11 is 0. The van der Waals surface area contributed by atoms with Crippen LogP contribution in [-0.2, 0) is 42.8 Å². The average molecular weight is 521 g/mol. The lowest BCUT2D eigenvalue weighted by molar-refractivity contribution is -0.151. The molecule has 204 valence electrons. The van der Waals surface area contributed by atoms with E-state index in [-0.39, 0.29) is 30.3 Å². The molecule has 0 bridgehead atoms.